The highest BCUT2D eigenvalue weighted by atomic mass is 32.1. The highest BCUT2D eigenvalue weighted by Crippen LogP contribution is 2.24. The van der Waals surface area contributed by atoms with Crippen LogP contribution in [-0.4, -0.2) is 23.9 Å². The molecule has 1 N–H and O–H groups in total. The van der Waals surface area contributed by atoms with Crippen LogP contribution >= 0.6 is 11.3 Å². The Labute approximate surface area is 140 Å². The lowest BCUT2D eigenvalue weighted by atomic mass is 10.1. The molecule has 0 amide bonds. The standard InChI is InChI=1S/C18H19N3OS/c1-22-13-16(15-10-6-3-7-11-15)19-18-21-20-17(23-18)12-14-8-4-2-5-9-14/h2-11,16H,12-13H2,1H3,(H,19,21). The van der Waals surface area contributed by atoms with Crippen LogP contribution in [0.4, 0.5) is 5.13 Å². The fourth-order valence-electron chi connectivity index (χ4n) is 2.38. The minimum atomic E-state index is 0.0683. The van der Waals surface area contributed by atoms with Crippen molar-refractivity contribution >= 4 is 16.5 Å². The van der Waals surface area contributed by atoms with Crippen molar-refractivity contribution in [3.8, 4) is 0 Å². The van der Waals surface area contributed by atoms with Crippen LogP contribution in [0, 0.1) is 0 Å². The van der Waals surface area contributed by atoms with E-state index in [0.29, 0.717) is 6.61 Å². The Hall–Kier alpha value is -2.24. The summed E-state index contributed by atoms with van der Waals surface area (Å²) in [4.78, 5) is 0. The number of anilines is 1. The lowest BCUT2D eigenvalue weighted by Crippen LogP contribution is -2.16. The first-order valence-electron chi connectivity index (χ1n) is 7.52. The van der Waals surface area contributed by atoms with Crippen LogP contribution in [-0.2, 0) is 11.2 Å². The van der Waals surface area contributed by atoms with Crippen LogP contribution < -0.4 is 5.32 Å². The van der Waals surface area contributed by atoms with Gasteiger partial charge in [0, 0.05) is 13.5 Å². The lowest BCUT2D eigenvalue weighted by molar-refractivity contribution is 0.186. The summed E-state index contributed by atoms with van der Waals surface area (Å²) >= 11 is 1.59. The van der Waals surface area contributed by atoms with Gasteiger partial charge in [-0.15, -0.1) is 10.2 Å². The summed E-state index contributed by atoms with van der Waals surface area (Å²) in [6.45, 7) is 0.581. The van der Waals surface area contributed by atoms with Gasteiger partial charge < -0.3 is 10.1 Å². The molecule has 0 aliphatic rings. The van der Waals surface area contributed by atoms with Gasteiger partial charge in [0.05, 0.1) is 12.6 Å². The van der Waals surface area contributed by atoms with Gasteiger partial charge in [0.2, 0.25) is 5.13 Å². The summed E-state index contributed by atoms with van der Waals surface area (Å²) in [7, 11) is 1.71. The van der Waals surface area contributed by atoms with E-state index in [1.807, 2.05) is 36.4 Å². The fourth-order valence-corrected chi connectivity index (χ4v) is 3.20. The van der Waals surface area contributed by atoms with E-state index in [4.69, 9.17) is 4.74 Å². The normalized spacial score (nSPS) is 12.0. The molecule has 0 fully saturated rings. The lowest BCUT2D eigenvalue weighted by Gasteiger charge is -2.17. The van der Waals surface area contributed by atoms with E-state index in [-0.39, 0.29) is 6.04 Å². The molecule has 1 aromatic heterocycles. The van der Waals surface area contributed by atoms with Crippen molar-refractivity contribution in [2.45, 2.75) is 12.5 Å². The van der Waals surface area contributed by atoms with Crippen LogP contribution in [0.25, 0.3) is 0 Å². The van der Waals surface area contributed by atoms with Crippen LogP contribution in [0.15, 0.2) is 60.7 Å². The zero-order valence-corrected chi connectivity index (χ0v) is 13.8. The molecule has 0 bridgehead atoms. The zero-order chi connectivity index (χ0) is 15.9. The van der Waals surface area contributed by atoms with E-state index < -0.39 is 0 Å². The van der Waals surface area contributed by atoms with Crippen LogP contribution in [0.2, 0.25) is 0 Å². The minimum Gasteiger partial charge on any atom is -0.382 e. The van der Waals surface area contributed by atoms with E-state index in [1.165, 1.54) is 11.1 Å². The summed E-state index contributed by atoms with van der Waals surface area (Å²) in [6.07, 6.45) is 0.806. The summed E-state index contributed by atoms with van der Waals surface area (Å²) in [5.74, 6) is 0. The SMILES string of the molecule is COCC(Nc1nnc(Cc2ccccc2)s1)c1ccccc1. The monoisotopic (exact) mass is 325 g/mol. The maximum atomic E-state index is 5.33. The number of nitrogens with one attached hydrogen (secondary N) is 1. The molecule has 3 rings (SSSR count). The Kier molecular flexibility index (Phi) is 5.34. The highest BCUT2D eigenvalue weighted by Gasteiger charge is 2.14. The molecular formula is C18H19N3OS. The topological polar surface area (TPSA) is 47.0 Å². The molecule has 0 saturated heterocycles. The van der Waals surface area contributed by atoms with Crippen molar-refractivity contribution in [2.24, 2.45) is 0 Å². The number of nitrogens with zero attached hydrogens (tertiary/aromatic N) is 2. The van der Waals surface area contributed by atoms with E-state index >= 15 is 0 Å². The Bertz CT molecular complexity index is 715. The van der Waals surface area contributed by atoms with E-state index in [9.17, 15) is 0 Å². The predicted molar refractivity (Wildman–Crippen MR) is 93.8 cm³/mol. The second-order valence-electron chi connectivity index (χ2n) is 5.23. The van der Waals surface area contributed by atoms with Crippen molar-refractivity contribution in [1.82, 2.24) is 10.2 Å². The molecule has 118 valence electrons. The molecule has 3 aromatic rings. The number of hydrogen-bond donors (Lipinski definition) is 1. The fraction of sp³-hybridized carbons (Fsp3) is 0.222. The second kappa shape index (κ2) is 7.85. The molecular weight excluding hydrogens is 306 g/mol. The van der Waals surface area contributed by atoms with Crippen molar-refractivity contribution < 1.29 is 4.74 Å². The molecule has 1 unspecified atom stereocenters. The third-order valence-electron chi connectivity index (χ3n) is 3.50. The molecule has 0 aliphatic carbocycles. The van der Waals surface area contributed by atoms with Crippen molar-refractivity contribution in [3.05, 3.63) is 76.8 Å². The summed E-state index contributed by atoms with van der Waals surface area (Å²) in [5.41, 5.74) is 2.42. The van der Waals surface area contributed by atoms with Gasteiger partial charge in [-0.05, 0) is 11.1 Å². The van der Waals surface area contributed by atoms with Crippen molar-refractivity contribution in [2.75, 3.05) is 19.0 Å². The third kappa shape index (κ3) is 4.37. The molecule has 2 aromatic carbocycles. The number of benzene rings is 2. The first-order valence-corrected chi connectivity index (χ1v) is 8.33. The van der Waals surface area contributed by atoms with E-state index in [1.54, 1.807) is 18.4 Å². The largest absolute Gasteiger partial charge is 0.382 e. The number of rotatable bonds is 7. The quantitative estimate of drug-likeness (QED) is 0.715. The summed E-state index contributed by atoms with van der Waals surface area (Å²) < 4.78 is 5.33. The van der Waals surface area contributed by atoms with Gasteiger partial charge >= 0.3 is 0 Å². The van der Waals surface area contributed by atoms with Crippen molar-refractivity contribution in [1.29, 1.82) is 0 Å². The zero-order valence-electron chi connectivity index (χ0n) is 13.0. The highest BCUT2D eigenvalue weighted by molar-refractivity contribution is 7.15. The van der Waals surface area contributed by atoms with Gasteiger partial charge in [-0.3, -0.25) is 0 Å². The Morgan fingerprint density at radius 3 is 2.39 bits per heavy atom. The average Bonchev–Trinajstić information content (AvgIpc) is 3.03. The molecule has 0 radical (unpaired) electrons. The van der Waals surface area contributed by atoms with E-state index in [2.05, 4.69) is 39.8 Å². The molecule has 4 nitrogen and oxygen atoms in total. The Morgan fingerprint density at radius 1 is 1.00 bits per heavy atom. The summed E-state index contributed by atoms with van der Waals surface area (Å²) in [5, 5.41) is 13.8. The van der Waals surface area contributed by atoms with Gasteiger partial charge in [-0.1, -0.05) is 72.0 Å². The smallest absolute Gasteiger partial charge is 0.206 e. The molecule has 5 heteroatoms. The van der Waals surface area contributed by atoms with Gasteiger partial charge in [0.15, 0.2) is 0 Å². The maximum Gasteiger partial charge on any atom is 0.206 e. The first kappa shape index (κ1) is 15.6. The summed E-state index contributed by atoms with van der Waals surface area (Å²) in [6, 6.07) is 20.6. The Morgan fingerprint density at radius 2 is 1.70 bits per heavy atom. The molecule has 1 atom stereocenters. The van der Waals surface area contributed by atoms with Crippen LogP contribution in [0.5, 0.6) is 0 Å². The molecule has 0 spiro atoms. The molecule has 0 saturated carbocycles. The van der Waals surface area contributed by atoms with Gasteiger partial charge in [0.25, 0.3) is 0 Å². The van der Waals surface area contributed by atoms with Gasteiger partial charge in [-0.2, -0.15) is 0 Å². The third-order valence-corrected chi connectivity index (χ3v) is 4.35. The average molecular weight is 325 g/mol. The second-order valence-corrected chi connectivity index (χ2v) is 6.29. The number of hydrogen-bond acceptors (Lipinski definition) is 5. The van der Waals surface area contributed by atoms with Crippen LogP contribution in [0.3, 0.4) is 0 Å². The molecule has 0 aliphatic heterocycles. The number of methoxy groups -OCH3 is 1. The van der Waals surface area contributed by atoms with Gasteiger partial charge in [-0.25, -0.2) is 0 Å². The van der Waals surface area contributed by atoms with Gasteiger partial charge in [0.1, 0.15) is 5.01 Å². The Balaban J connectivity index is 1.69. The van der Waals surface area contributed by atoms with Crippen LogP contribution in [0.1, 0.15) is 22.2 Å². The number of ether oxygens (including phenoxy) is 1. The molecule has 23 heavy (non-hydrogen) atoms. The molecule has 1 heterocycles. The number of aromatic nitrogens is 2. The first-order chi connectivity index (χ1) is 11.3. The van der Waals surface area contributed by atoms with E-state index in [0.717, 1.165) is 16.6 Å². The maximum absolute atomic E-state index is 5.33. The van der Waals surface area contributed by atoms with Crippen molar-refractivity contribution in [3.63, 3.8) is 0 Å². The predicted octanol–water partition coefficient (Wildman–Crippen LogP) is 3.93. The minimum absolute atomic E-state index is 0.0683.